The highest BCUT2D eigenvalue weighted by atomic mass is 32.1. The number of anilines is 1. The number of para-hydroxylation sites is 1. The first-order chi connectivity index (χ1) is 13.7. The Kier molecular flexibility index (Phi) is 4.20. The third-order valence-electron chi connectivity index (χ3n) is 5.30. The predicted molar refractivity (Wildman–Crippen MR) is 112 cm³/mol. The molecular formula is C22H21N4OS+. The zero-order valence-electron chi connectivity index (χ0n) is 15.5. The van der Waals surface area contributed by atoms with Crippen LogP contribution < -0.4 is 15.6 Å². The average Bonchev–Trinajstić information content (AvgIpc) is 3.10. The molecule has 0 spiro atoms. The summed E-state index contributed by atoms with van der Waals surface area (Å²) in [7, 11) is 0. The molecule has 2 aliphatic rings. The second-order valence-electron chi connectivity index (χ2n) is 7.29. The summed E-state index contributed by atoms with van der Waals surface area (Å²) in [5.41, 5.74) is 4.28. The van der Waals surface area contributed by atoms with Crippen LogP contribution in [0.3, 0.4) is 0 Å². The fourth-order valence-electron chi connectivity index (χ4n) is 3.89. The zero-order valence-corrected chi connectivity index (χ0v) is 16.3. The Morgan fingerprint density at radius 2 is 2.00 bits per heavy atom. The van der Waals surface area contributed by atoms with E-state index in [1.807, 2.05) is 18.2 Å². The van der Waals surface area contributed by atoms with Crippen LogP contribution in [0.1, 0.15) is 30.0 Å². The number of guanidine groups is 1. The highest BCUT2D eigenvalue weighted by molar-refractivity contribution is 7.22. The summed E-state index contributed by atoms with van der Waals surface area (Å²) in [6.45, 7) is 2.07. The first kappa shape index (κ1) is 17.1. The van der Waals surface area contributed by atoms with Gasteiger partial charge in [0, 0.05) is 6.42 Å². The van der Waals surface area contributed by atoms with Crippen molar-refractivity contribution in [3.8, 4) is 0 Å². The second kappa shape index (κ2) is 6.87. The van der Waals surface area contributed by atoms with Gasteiger partial charge in [-0.1, -0.05) is 53.3 Å². The van der Waals surface area contributed by atoms with E-state index in [1.165, 1.54) is 5.56 Å². The van der Waals surface area contributed by atoms with Crippen LogP contribution >= 0.6 is 11.3 Å². The van der Waals surface area contributed by atoms with Crippen LogP contribution in [0.15, 0.2) is 60.3 Å². The molecule has 1 aromatic heterocycles. The van der Waals surface area contributed by atoms with Crippen LogP contribution in [0.4, 0.5) is 5.13 Å². The fourth-order valence-corrected chi connectivity index (χ4v) is 4.76. The number of nitrogens with zero attached hydrogens (tertiary/aromatic N) is 1. The minimum absolute atomic E-state index is 0.0993. The minimum atomic E-state index is -0.183. The summed E-state index contributed by atoms with van der Waals surface area (Å²) < 4.78 is 1.14. The molecule has 1 aliphatic heterocycles. The van der Waals surface area contributed by atoms with Crippen molar-refractivity contribution in [1.29, 1.82) is 0 Å². The highest BCUT2D eigenvalue weighted by Crippen LogP contribution is 2.31. The number of rotatable bonds is 2. The molecule has 0 saturated heterocycles. The number of hydrogen-bond donors (Lipinski definition) is 3. The largest absolute Gasteiger partial charge is 0.355 e. The van der Waals surface area contributed by atoms with Gasteiger partial charge in [0.2, 0.25) is 0 Å². The molecule has 0 radical (unpaired) electrons. The van der Waals surface area contributed by atoms with Gasteiger partial charge in [0.05, 0.1) is 15.9 Å². The van der Waals surface area contributed by atoms with Crippen LogP contribution in [-0.4, -0.2) is 16.7 Å². The van der Waals surface area contributed by atoms with Gasteiger partial charge in [0.15, 0.2) is 0 Å². The Morgan fingerprint density at radius 1 is 1.18 bits per heavy atom. The number of allylic oxidation sites excluding steroid dienone is 1. The van der Waals surface area contributed by atoms with E-state index in [2.05, 4.69) is 63.9 Å². The van der Waals surface area contributed by atoms with E-state index in [9.17, 15) is 4.79 Å². The molecule has 3 N–H and O–H groups in total. The summed E-state index contributed by atoms with van der Waals surface area (Å²) >= 11 is 1.61. The van der Waals surface area contributed by atoms with Gasteiger partial charge in [0.1, 0.15) is 17.7 Å². The van der Waals surface area contributed by atoms with E-state index < -0.39 is 0 Å². The molecule has 2 heterocycles. The molecular weight excluding hydrogens is 368 g/mol. The van der Waals surface area contributed by atoms with Gasteiger partial charge in [-0.15, -0.1) is 0 Å². The topological polar surface area (TPSA) is 68.0 Å². The van der Waals surface area contributed by atoms with Crippen molar-refractivity contribution >= 4 is 38.4 Å². The van der Waals surface area contributed by atoms with Crippen molar-refractivity contribution in [3.05, 3.63) is 71.4 Å². The molecule has 28 heavy (non-hydrogen) atoms. The maximum absolute atomic E-state index is 12.7. The number of ketones is 1. The van der Waals surface area contributed by atoms with Crippen molar-refractivity contribution in [2.75, 3.05) is 5.32 Å². The summed E-state index contributed by atoms with van der Waals surface area (Å²) in [6, 6.07) is 16.4. The van der Waals surface area contributed by atoms with Crippen LogP contribution in [0.25, 0.3) is 10.2 Å². The third kappa shape index (κ3) is 3.10. The van der Waals surface area contributed by atoms with Crippen LogP contribution in [0.2, 0.25) is 0 Å². The summed E-state index contributed by atoms with van der Waals surface area (Å²) in [6.07, 6.45) is 3.53. The standard InChI is InChI=1S/C22H20N4OS/c1-13-9-11-14(12-10-13)20-19-16(6-4-7-17(19)27)23-21(25-20)26-22-24-15-5-2-3-8-18(15)28-22/h2-3,5-6,8-12,19-20H,4,7H2,1H3,(H2,23,24,25,26)/p+1/t19-,20-/m1/s1. The number of carbonyl (C=O) groups is 1. The highest BCUT2D eigenvalue weighted by Gasteiger charge is 2.41. The van der Waals surface area contributed by atoms with E-state index in [4.69, 9.17) is 0 Å². The number of thiazole rings is 1. The van der Waals surface area contributed by atoms with Gasteiger partial charge in [-0.3, -0.25) is 9.79 Å². The number of hydrogen-bond acceptors (Lipinski definition) is 5. The molecule has 1 aliphatic carbocycles. The second-order valence-corrected chi connectivity index (χ2v) is 8.32. The molecule has 0 unspecified atom stereocenters. The zero-order chi connectivity index (χ0) is 19.1. The third-order valence-corrected chi connectivity index (χ3v) is 6.25. The molecule has 3 aromatic rings. The molecule has 0 fully saturated rings. The average molecular weight is 390 g/mol. The monoisotopic (exact) mass is 389 g/mol. The lowest BCUT2D eigenvalue weighted by atomic mass is 9.81. The molecule has 0 saturated carbocycles. The van der Waals surface area contributed by atoms with Crippen molar-refractivity contribution in [3.63, 3.8) is 0 Å². The Bertz CT molecular complexity index is 1080. The maximum atomic E-state index is 12.7. The predicted octanol–water partition coefficient (Wildman–Crippen LogP) is 2.66. The van der Waals surface area contributed by atoms with Crippen LogP contribution in [0, 0.1) is 12.8 Å². The van der Waals surface area contributed by atoms with Gasteiger partial charge in [0.25, 0.3) is 5.13 Å². The summed E-state index contributed by atoms with van der Waals surface area (Å²) in [4.78, 5) is 20.9. The van der Waals surface area contributed by atoms with Gasteiger partial charge in [-0.2, -0.15) is 0 Å². The van der Waals surface area contributed by atoms with E-state index >= 15 is 0 Å². The van der Waals surface area contributed by atoms with Gasteiger partial charge < -0.3 is 0 Å². The maximum Gasteiger partial charge on any atom is 0.355 e. The van der Waals surface area contributed by atoms with Gasteiger partial charge in [-0.25, -0.2) is 15.6 Å². The van der Waals surface area contributed by atoms with E-state index in [1.54, 1.807) is 11.3 Å². The van der Waals surface area contributed by atoms with E-state index in [0.717, 1.165) is 39.0 Å². The number of benzene rings is 2. The molecule has 5 rings (SSSR count). The molecule has 5 nitrogen and oxygen atoms in total. The van der Waals surface area contributed by atoms with Gasteiger partial charge >= 0.3 is 5.96 Å². The van der Waals surface area contributed by atoms with E-state index in [-0.39, 0.29) is 17.7 Å². The Morgan fingerprint density at radius 3 is 2.82 bits per heavy atom. The van der Waals surface area contributed by atoms with Crippen molar-refractivity contribution in [1.82, 2.24) is 10.3 Å². The Labute approximate surface area is 167 Å². The van der Waals surface area contributed by atoms with Crippen molar-refractivity contribution < 1.29 is 9.79 Å². The number of carbonyl (C=O) groups excluding carboxylic acids is 1. The van der Waals surface area contributed by atoms with Gasteiger partial charge in [-0.05, 0) is 37.1 Å². The Hall–Kier alpha value is -2.99. The lowest BCUT2D eigenvalue weighted by molar-refractivity contribution is -0.522. The Balaban J connectivity index is 1.52. The van der Waals surface area contributed by atoms with E-state index in [0.29, 0.717) is 6.42 Å². The normalized spacial score (nSPS) is 21.5. The first-order valence-corrected chi connectivity index (χ1v) is 10.3. The number of Topliss-reactive ketones (excluding diaryl/α,β-unsaturated/α-hetero) is 1. The minimum Gasteiger partial charge on any atom is -0.299 e. The molecule has 2 atom stereocenters. The number of fused-ring (bicyclic) bond motifs is 2. The van der Waals surface area contributed by atoms with Crippen molar-refractivity contribution in [2.45, 2.75) is 25.8 Å². The lowest BCUT2D eigenvalue weighted by Gasteiger charge is -2.30. The number of aromatic nitrogens is 1. The number of aryl methyl sites for hydroxylation is 1. The molecule has 2 aromatic carbocycles. The molecule has 6 heteroatoms. The smallest absolute Gasteiger partial charge is 0.299 e. The van der Waals surface area contributed by atoms with Crippen LogP contribution in [0.5, 0.6) is 0 Å². The first-order valence-electron chi connectivity index (χ1n) is 9.50. The fraction of sp³-hybridized carbons (Fsp3) is 0.227. The molecule has 0 amide bonds. The molecule has 140 valence electrons. The summed E-state index contributed by atoms with van der Waals surface area (Å²) in [5, 5.41) is 7.59. The van der Waals surface area contributed by atoms with Crippen LogP contribution in [-0.2, 0) is 4.79 Å². The quantitative estimate of drug-likeness (QED) is 0.630. The SMILES string of the molecule is Cc1ccc([C@H]2[NH+]=C(Nc3nc4ccccc4s3)NC3=CCCC(=O)[C@@H]32)cc1. The summed E-state index contributed by atoms with van der Waals surface area (Å²) in [5.74, 6) is 0.862. The van der Waals surface area contributed by atoms with Crippen molar-refractivity contribution in [2.24, 2.45) is 5.92 Å². The lowest BCUT2D eigenvalue weighted by Crippen LogP contribution is -2.84. The number of nitrogens with one attached hydrogen (secondary N) is 3. The molecule has 0 bridgehead atoms.